The van der Waals surface area contributed by atoms with Crippen LogP contribution in [0.5, 0.6) is 0 Å². The smallest absolute Gasteiger partial charge is 0.407 e. The van der Waals surface area contributed by atoms with Crippen molar-refractivity contribution < 1.29 is 27.8 Å². The Labute approximate surface area is 219 Å². The lowest BCUT2D eigenvalue weighted by atomic mass is 9.67. The van der Waals surface area contributed by atoms with Crippen LogP contribution in [0.2, 0.25) is 0 Å². The standard InChI is InChI=1S/C28H43F2N3O4/c1-26(2,3)37-25(35)33-21(17-9-12-28(29,30)13-10-17)11-14-32-23-22(36-6)16-18-7-8-19(24(31)34)15-20(18)27(23,4)5/h7-8,15,17,21-23,32H,9-14,16H2,1-6H3,(H2,31,34)(H,33,35)/t21?,22-,23+/m0/s1. The van der Waals surface area contributed by atoms with Crippen LogP contribution in [0, 0.1) is 5.92 Å². The molecule has 37 heavy (non-hydrogen) atoms. The Morgan fingerprint density at radius 2 is 1.84 bits per heavy atom. The minimum atomic E-state index is -2.64. The van der Waals surface area contributed by atoms with Crippen LogP contribution in [0.4, 0.5) is 13.6 Å². The van der Waals surface area contributed by atoms with Crippen LogP contribution in [0.25, 0.3) is 0 Å². The number of rotatable bonds is 8. The van der Waals surface area contributed by atoms with E-state index in [1.54, 1.807) is 33.9 Å². The summed E-state index contributed by atoms with van der Waals surface area (Å²) in [7, 11) is 1.69. The molecule has 1 fully saturated rings. The molecule has 2 amide bonds. The minimum absolute atomic E-state index is 0.0506. The molecule has 0 aliphatic heterocycles. The van der Waals surface area contributed by atoms with E-state index >= 15 is 0 Å². The quantitative estimate of drug-likeness (QED) is 0.458. The van der Waals surface area contributed by atoms with Gasteiger partial charge in [-0.05, 0) is 75.8 Å². The Bertz CT molecular complexity index is 967. The van der Waals surface area contributed by atoms with E-state index in [9.17, 15) is 18.4 Å². The Hall–Kier alpha value is -2.26. The average molecular weight is 524 g/mol. The molecule has 0 bridgehead atoms. The van der Waals surface area contributed by atoms with Crippen LogP contribution in [0.15, 0.2) is 18.2 Å². The average Bonchev–Trinajstić information content (AvgIpc) is 2.78. The van der Waals surface area contributed by atoms with E-state index in [1.807, 2.05) is 12.1 Å². The zero-order valence-corrected chi connectivity index (χ0v) is 23.0. The van der Waals surface area contributed by atoms with Gasteiger partial charge in [0, 0.05) is 49.4 Å². The molecule has 1 aromatic carbocycles. The van der Waals surface area contributed by atoms with Gasteiger partial charge < -0.3 is 25.8 Å². The second kappa shape index (κ2) is 11.2. The van der Waals surface area contributed by atoms with Crippen molar-refractivity contribution in [1.29, 1.82) is 0 Å². The third kappa shape index (κ3) is 7.41. The maximum atomic E-state index is 13.8. The number of benzene rings is 1. The number of alkyl carbamates (subject to hydrolysis) is 1. The maximum Gasteiger partial charge on any atom is 0.407 e. The molecule has 0 radical (unpaired) electrons. The fourth-order valence-corrected chi connectivity index (χ4v) is 5.82. The summed E-state index contributed by atoms with van der Waals surface area (Å²) in [5.74, 6) is -3.16. The molecule has 1 saturated carbocycles. The topological polar surface area (TPSA) is 103 Å². The number of fused-ring (bicyclic) bond motifs is 1. The first-order valence-electron chi connectivity index (χ1n) is 13.2. The summed E-state index contributed by atoms with van der Waals surface area (Å²) < 4.78 is 39.0. The maximum absolute atomic E-state index is 13.8. The van der Waals surface area contributed by atoms with E-state index in [4.69, 9.17) is 15.2 Å². The van der Waals surface area contributed by atoms with E-state index in [0.29, 0.717) is 37.8 Å². The Morgan fingerprint density at radius 3 is 2.41 bits per heavy atom. The molecule has 9 heteroatoms. The van der Waals surface area contributed by atoms with Crippen molar-refractivity contribution in [2.75, 3.05) is 13.7 Å². The van der Waals surface area contributed by atoms with Crippen molar-refractivity contribution >= 4 is 12.0 Å². The SMILES string of the molecule is CO[C@H]1Cc2ccc(C(N)=O)cc2C(C)(C)[C@@H]1NCCC(NC(=O)OC(C)(C)C)C1CCC(F)(F)CC1. The van der Waals surface area contributed by atoms with Crippen LogP contribution in [0.3, 0.4) is 0 Å². The number of amides is 2. The van der Waals surface area contributed by atoms with E-state index in [1.165, 1.54) is 0 Å². The van der Waals surface area contributed by atoms with Crippen molar-refractivity contribution in [3.8, 4) is 0 Å². The van der Waals surface area contributed by atoms with Gasteiger partial charge >= 0.3 is 6.09 Å². The Balaban J connectivity index is 1.74. The molecule has 4 N–H and O–H groups in total. The first-order chi connectivity index (χ1) is 17.1. The van der Waals surface area contributed by atoms with Gasteiger partial charge in [0.15, 0.2) is 0 Å². The minimum Gasteiger partial charge on any atom is -0.444 e. The summed E-state index contributed by atoms with van der Waals surface area (Å²) in [5, 5.41) is 6.59. The van der Waals surface area contributed by atoms with Crippen molar-refractivity contribution in [3.63, 3.8) is 0 Å². The first-order valence-corrected chi connectivity index (χ1v) is 13.2. The third-order valence-electron chi connectivity index (χ3n) is 7.81. The lowest BCUT2D eigenvalue weighted by Gasteiger charge is -2.45. The van der Waals surface area contributed by atoms with E-state index in [2.05, 4.69) is 24.5 Å². The number of ether oxygens (including phenoxy) is 2. The number of carbonyl (C=O) groups is 2. The van der Waals surface area contributed by atoms with Crippen molar-refractivity contribution in [1.82, 2.24) is 10.6 Å². The first kappa shape index (κ1) is 29.3. The molecular formula is C28H43F2N3O4. The number of hydrogen-bond acceptors (Lipinski definition) is 5. The van der Waals surface area contributed by atoms with Crippen molar-refractivity contribution in [3.05, 3.63) is 34.9 Å². The zero-order chi connectivity index (χ0) is 27.6. The summed E-state index contributed by atoms with van der Waals surface area (Å²) in [6, 6.07) is 5.19. The molecule has 2 aliphatic carbocycles. The number of halogens is 2. The van der Waals surface area contributed by atoms with Crippen LogP contribution in [-0.2, 0) is 21.3 Å². The molecule has 208 valence electrons. The van der Waals surface area contributed by atoms with Gasteiger partial charge in [-0.1, -0.05) is 19.9 Å². The van der Waals surface area contributed by atoms with Crippen LogP contribution < -0.4 is 16.4 Å². The molecule has 0 saturated heterocycles. The number of hydrogen-bond donors (Lipinski definition) is 3. The molecule has 0 spiro atoms. The summed E-state index contributed by atoms with van der Waals surface area (Å²) in [5.41, 5.74) is 7.14. The van der Waals surface area contributed by atoms with Gasteiger partial charge in [0.25, 0.3) is 0 Å². The summed E-state index contributed by atoms with van der Waals surface area (Å²) >= 11 is 0. The molecule has 1 aromatic rings. The molecule has 3 atom stereocenters. The summed E-state index contributed by atoms with van der Waals surface area (Å²) in [6.45, 7) is 10.1. The molecule has 1 unspecified atom stereocenters. The van der Waals surface area contributed by atoms with Crippen molar-refractivity contribution in [2.24, 2.45) is 11.7 Å². The highest BCUT2D eigenvalue weighted by Crippen LogP contribution is 2.40. The van der Waals surface area contributed by atoms with Gasteiger partial charge in [0.2, 0.25) is 11.8 Å². The lowest BCUT2D eigenvalue weighted by Crippen LogP contribution is -2.57. The lowest BCUT2D eigenvalue weighted by molar-refractivity contribution is -0.0501. The number of primary amides is 1. The molecule has 2 aliphatic rings. The number of nitrogens with one attached hydrogen (secondary N) is 2. The molecular weight excluding hydrogens is 480 g/mol. The Kier molecular flexibility index (Phi) is 8.90. The predicted molar refractivity (Wildman–Crippen MR) is 139 cm³/mol. The van der Waals surface area contributed by atoms with Crippen LogP contribution in [0.1, 0.15) is 88.2 Å². The van der Waals surface area contributed by atoms with E-state index in [0.717, 1.165) is 11.1 Å². The largest absolute Gasteiger partial charge is 0.444 e. The zero-order valence-electron chi connectivity index (χ0n) is 23.0. The number of methoxy groups -OCH3 is 1. The third-order valence-corrected chi connectivity index (χ3v) is 7.81. The summed E-state index contributed by atoms with van der Waals surface area (Å²) in [4.78, 5) is 24.4. The van der Waals surface area contributed by atoms with Gasteiger partial charge in [-0.25, -0.2) is 13.6 Å². The van der Waals surface area contributed by atoms with E-state index in [-0.39, 0.29) is 42.4 Å². The number of nitrogens with two attached hydrogens (primary N) is 1. The second-order valence-electron chi connectivity index (χ2n) is 12.1. The highest BCUT2D eigenvalue weighted by molar-refractivity contribution is 5.93. The summed E-state index contributed by atoms with van der Waals surface area (Å²) in [6.07, 6.45) is 0.980. The molecule has 7 nitrogen and oxygen atoms in total. The number of carbonyl (C=O) groups excluding carboxylic acids is 2. The monoisotopic (exact) mass is 523 g/mol. The van der Waals surface area contributed by atoms with Gasteiger partial charge in [-0.2, -0.15) is 0 Å². The predicted octanol–water partition coefficient (Wildman–Crippen LogP) is 4.70. The van der Waals surface area contributed by atoms with Gasteiger partial charge in [0.05, 0.1) is 6.10 Å². The Morgan fingerprint density at radius 1 is 1.19 bits per heavy atom. The fourth-order valence-electron chi connectivity index (χ4n) is 5.82. The van der Waals surface area contributed by atoms with E-state index < -0.39 is 23.5 Å². The normalized spacial score (nSPS) is 24.1. The fraction of sp³-hybridized carbons (Fsp3) is 0.714. The highest BCUT2D eigenvalue weighted by Gasteiger charge is 2.43. The molecule has 0 heterocycles. The van der Waals surface area contributed by atoms with Gasteiger partial charge in [-0.3, -0.25) is 4.79 Å². The second-order valence-corrected chi connectivity index (χ2v) is 12.1. The highest BCUT2D eigenvalue weighted by atomic mass is 19.3. The van der Waals surface area contributed by atoms with Gasteiger partial charge in [-0.15, -0.1) is 0 Å². The van der Waals surface area contributed by atoms with Crippen LogP contribution >= 0.6 is 0 Å². The van der Waals surface area contributed by atoms with Gasteiger partial charge in [0.1, 0.15) is 5.60 Å². The van der Waals surface area contributed by atoms with Crippen molar-refractivity contribution in [2.45, 2.75) is 108 Å². The van der Waals surface area contributed by atoms with Crippen LogP contribution in [-0.4, -0.2) is 55.4 Å². The number of alkyl halides is 2. The molecule has 3 rings (SSSR count). The molecule has 0 aromatic heterocycles.